The maximum atomic E-state index is 5.18. The summed E-state index contributed by atoms with van der Waals surface area (Å²) in [5, 5.41) is 0. The van der Waals surface area contributed by atoms with Crippen molar-refractivity contribution in [2.75, 3.05) is 0 Å². The van der Waals surface area contributed by atoms with Gasteiger partial charge >= 0.3 is 0 Å². The Labute approximate surface area is 183 Å². The summed E-state index contributed by atoms with van der Waals surface area (Å²) in [4.78, 5) is 10.1. The van der Waals surface area contributed by atoms with Crippen LogP contribution in [0.5, 0.6) is 0 Å². The fourth-order valence-electron chi connectivity index (χ4n) is 5.23. The summed E-state index contributed by atoms with van der Waals surface area (Å²) in [7, 11) is 0. The normalized spacial score (nSPS) is 27.2. The van der Waals surface area contributed by atoms with Crippen LogP contribution >= 0.6 is 0 Å². The van der Waals surface area contributed by atoms with Crippen LogP contribution in [0.2, 0.25) is 0 Å². The molecule has 2 aromatic rings. The lowest BCUT2D eigenvalue weighted by Crippen LogP contribution is -2.18. The Bertz CT molecular complexity index is 899. The zero-order valence-corrected chi connectivity index (χ0v) is 20.0. The van der Waals surface area contributed by atoms with Crippen LogP contribution in [0.1, 0.15) is 56.4 Å². The van der Waals surface area contributed by atoms with E-state index in [0.29, 0.717) is 17.8 Å². The quantitative estimate of drug-likeness (QED) is 0.453. The van der Waals surface area contributed by atoms with Crippen molar-refractivity contribution in [2.45, 2.75) is 61.8 Å². The highest BCUT2D eigenvalue weighted by atomic mass is 14.8. The number of hydrogen-bond acceptors (Lipinski definition) is 2. The van der Waals surface area contributed by atoms with Crippen LogP contribution in [0, 0.1) is 57.3 Å². The zero-order valence-electron chi connectivity index (χ0n) is 20.0. The van der Waals surface area contributed by atoms with Crippen molar-refractivity contribution in [2.24, 2.45) is 39.6 Å². The second-order valence-corrected chi connectivity index (χ2v) is 9.65. The van der Waals surface area contributed by atoms with Crippen molar-refractivity contribution < 1.29 is 0 Å². The number of aliphatic imine (C=N–C) groups is 2. The van der Waals surface area contributed by atoms with Gasteiger partial charge in [0.1, 0.15) is 0 Å². The smallest absolute Gasteiger partial charge is 0.0691 e. The largest absolute Gasteiger partial charge is 0.254 e. The van der Waals surface area contributed by atoms with Gasteiger partial charge in [0.05, 0.1) is 17.1 Å². The van der Waals surface area contributed by atoms with Gasteiger partial charge in [-0.05, 0) is 86.0 Å². The van der Waals surface area contributed by atoms with Crippen LogP contribution in [0.25, 0.3) is 0 Å². The minimum absolute atomic E-state index is 0.641. The number of aryl methyl sites for hydroxylation is 4. The summed E-state index contributed by atoms with van der Waals surface area (Å²) < 4.78 is 0. The average Bonchev–Trinajstić information content (AvgIpc) is 2.88. The topological polar surface area (TPSA) is 24.7 Å². The molecule has 0 aromatic heterocycles. The molecule has 0 heterocycles. The van der Waals surface area contributed by atoms with E-state index in [2.05, 4.69) is 91.8 Å². The molecule has 0 saturated heterocycles. The van der Waals surface area contributed by atoms with E-state index in [-0.39, 0.29) is 0 Å². The van der Waals surface area contributed by atoms with Gasteiger partial charge in [-0.15, -0.1) is 0 Å². The van der Waals surface area contributed by atoms with E-state index in [1.165, 1.54) is 22.3 Å². The van der Waals surface area contributed by atoms with Crippen molar-refractivity contribution in [1.29, 1.82) is 0 Å². The molecule has 1 saturated carbocycles. The molecule has 1 aliphatic rings. The molecule has 4 unspecified atom stereocenters. The molecular weight excluding hydrogens is 364 g/mol. The van der Waals surface area contributed by atoms with Crippen LogP contribution in [0.4, 0.5) is 11.4 Å². The molecule has 1 fully saturated rings. The lowest BCUT2D eigenvalue weighted by molar-refractivity contribution is 0.332. The highest BCUT2D eigenvalue weighted by Crippen LogP contribution is 2.47. The molecule has 2 nitrogen and oxygen atoms in total. The predicted molar refractivity (Wildman–Crippen MR) is 132 cm³/mol. The maximum Gasteiger partial charge on any atom is 0.0691 e. The van der Waals surface area contributed by atoms with E-state index in [0.717, 1.165) is 35.3 Å². The van der Waals surface area contributed by atoms with E-state index >= 15 is 0 Å². The molecule has 0 amide bonds. The number of hydrogen-bond donors (Lipinski definition) is 0. The van der Waals surface area contributed by atoms with Crippen LogP contribution < -0.4 is 0 Å². The van der Waals surface area contributed by atoms with Gasteiger partial charge in [0, 0.05) is 6.21 Å². The Balaban J connectivity index is 2.01. The molecule has 0 aliphatic heterocycles. The summed E-state index contributed by atoms with van der Waals surface area (Å²) in [6, 6.07) is 12.8. The SMILES string of the molecule is Cc1cccc(C)c1N=CC(CC1C(C)C(C)C(C)C1C)=Nc1c(C)cccc1C. The van der Waals surface area contributed by atoms with E-state index < -0.39 is 0 Å². The first-order valence-electron chi connectivity index (χ1n) is 11.4. The van der Waals surface area contributed by atoms with Crippen LogP contribution in [0.3, 0.4) is 0 Å². The monoisotopic (exact) mass is 402 g/mol. The first-order valence-corrected chi connectivity index (χ1v) is 11.4. The van der Waals surface area contributed by atoms with Gasteiger partial charge < -0.3 is 0 Å². The molecule has 160 valence electrons. The molecule has 0 radical (unpaired) electrons. The van der Waals surface area contributed by atoms with Gasteiger partial charge in [0.2, 0.25) is 0 Å². The number of rotatable bonds is 5. The second kappa shape index (κ2) is 9.29. The number of nitrogens with zero attached hydrogens (tertiary/aromatic N) is 2. The second-order valence-electron chi connectivity index (χ2n) is 9.65. The van der Waals surface area contributed by atoms with Crippen molar-refractivity contribution in [3.63, 3.8) is 0 Å². The number of para-hydroxylation sites is 2. The Morgan fingerprint density at radius 3 is 1.60 bits per heavy atom. The molecule has 2 aromatic carbocycles. The van der Waals surface area contributed by atoms with Gasteiger partial charge in [-0.25, -0.2) is 0 Å². The molecule has 4 atom stereocenters. The highest BCUT2D eigenvalue weighted by molar-refractivity contribution is 6.32. The van der Waals surface area contributed by atoms with Crippen LogP contribution in [-0.4, -0.2) is 11.9 Å². The summed E-state index contributed by atoms with van der Waals surface area (Å²) in [5.41, 5.74) is 8.13. The Morgan fingerprint density at radius 1 is 0.700 bits per heavy atom. The fourth-order valence-corrected chi connectivity index (χ4v) is 5.23. The van der Waals surface area contributed by atoms with Crippen molar-refractivity contribution >= 4 is 23.3 Å². The third-order valence-electron chi connectivity index (χ3n) is 7.76. The van der Waals surface area contributed by atoms with Crippen molar-refractivity contribution in [1.82, 2.24) is 0 Å². The van der Waals surface area contributed by atoms with E-state index in [9.17, 15) is 0 Å². The van der Waals surface area contributed by atoms with Crippen LogP contribution in [0.15, 0.2) is 46.4 Å². The number of benzene rings is 2. The van der Waals surface area contributed by atoms with Gasteiger partial charge in [-0.2, -0.15) is 0 Å². The van der Waals surface area contributed by atoms with Gasteiger partial charge in [0.25, 0.3) is 0 Å². The molecule has 2 heteroatoms. The lowest BCUT2D eigenvalue weighted by Gasteiger charge is -2.21. The van der Waals surface area contributed by atoms with Crippen molar-refractivity contribution in [3.8, 4) is 0 Å². The first-order chi connectivity index (χ1) is 14.2. The molecular formula is C28H38N2. The minimum Gasteiger partial charge on any atom is -0.254 e. The van der Waals surface area contributed by atoms with E-state index in [1.807, 2.05) is 6.21 Å². The third kappa shape index (κ3) is 4.58. The average molecular weight is 403 g/mol. The highest BCUT2D eigenvalue weighted by Gasteiger charge is 2.41. The van der Waals surface area contributed by atoms with Crippen LogP contribution in [-0.2, 0) is 0 Å². The fraction of sp³-hybridized carbons (Fsp3) is 0.500. The Hall–Kier alpha value is -2.22. The molecule has 0 bridgehead atoms. The minimum atomic E-state index is 0.641. The Kier molecular flexibility index (Phi) is 6.95. The third-order valence-corrected chi connectivity index (χ3v) is 7.76. The van der Waals surface area contributed by atoms with Gasteiger partial charge in [0.15, 0.2) is 0 Å². The molecule has 0 spiro atoms. The van der Waals surface area contributed by atoms with E-state index in [4.69, 9.17) is 9.98 Å². The lowest BCUT2D eigenvalue weighted by atomic mass is 9.85. The first kappa shape index (κ1) is 22.5. The maximum absolute atomic E-state index is 5.18. The summed E-state index contributed by atoms with van der Waals surface area (Å²) in [5.74, 6) is 3.55. The molecule has 30 heavy (non-hydrogen) atoms. The van der Waals surface area contributed by atoms with E-state index in [1.54, 1.807) is 0 Å². The standard InChI is InChI=1S/C28H38N2/c1-17-11-9-12-18(2)27(17)29-16-25(30-28-19(3)13-10-14-20(28)4)15-26-23(7)21(5)22(6)24(26)8/h9-14,16,21-24,26H,15H2,1-8H3. The van der Waals surface area contributed by atoms with Gasteiger partial charge in [-0.1, -0.05) is 64.1 Å². The summed E-state index contributed by atoms with van der Waals surface area (Å²) in [6.07, 6.45) is 3.02. The van der Waals surface area contributed by atoms with Crippen molar-refractivity contribution in [3.05, 3.63) is 58.7 Å². The summed E-state index contributed by atoms with van der Waals surface area (Å²) in [6.45, 7) is 18.2. The Morgan fingerprint density at radius 2 is 1.13 bits per heavy atom. The predicted octanol–water partition coefficient (Wildman–Crippen LogP) is 7.96. The molecule has 1 aliphatic carbocycles. The summed E-state index contributed by atoms with van der Waals surface area (Å²) >= 11 is 0. The molecule has 3 rings (SSSR count). The zero-order chi connectivity index (χ0) is 22.0. The van der Waals surface area contributed by atoms with Gasteiger partial charge in [-0.3, -0.25) is 9.98 Å². The molecule has 0 N–H and O–H groups in total.